The Kier molecular flexibility index (Phi) is 4.03. The molecule has 4 bridgehead atoms. The van der Waals surface area contributed by atoms with Crippen molar-refractivity contribution in [1.82, 2.24) is 5.32 Å². The Morgan fingerprint density at radius 3 is 2.33 bits per heavy atom. The Morgan fingerprint density at radius 2 is 1.75 bits per heavy atom. The van der Waals surface area contributed by atoms with Gasteiger partial charge in [-0.15, -0.1) is 0 Å². The van der Waals surface area contributed by atoms with Crippen LogP contribution in [0.2, 0.25) is 5.02 Å². The number of carbonyl (C=O) groups is 2. The molecule has 1 N–H and O–H groups in total. The third-order valence-corrected chi connectivity index (χ3v) is 6.07. The van der Waals surface area contributed by atoms with Gasteiger partial charge < -0.3 is 10.1 Å². The fourth-order valence-electron chi connectivity index (χ4n) is 5.43. The van der Waals surface area contributed by atoms with Crippen LogP contribution in [0.3, 0.4) is 0 Å². The van der Waals surface area contributed by atoms with Gasteiger partial charge in [0.25, 0.3) is 5.91 Å². The summed E-state index contributed by atoms with van der Waals surface area (Å²) in [6.07, 6.45) is 7.27. The molecule has 0 spiro atoms. The van der Waals surface area contributed by atoms with Crippen molar-refractivity contribution in [2.75, 3.05) is 6.61 Å². The van der Waals surface area contributed by atoms with Gasteiger partial charge in [-0.05, 0) is 74.5 Å². The van der Waals surface area contributed by atoms with Crippen LogP contribution >= 0.6 is 11.6 Å². The second-order valence-corrected chi connectivity index (χ2v) is 8.27. The molecule has 5 heteroatoms. The Labute approximate surface area is 146 Å². The fraction of sp³-hybridized carbons (Fsp3) is 0.579. The first-order valence-corrected chi connectivity index (χ1v) is 9.13. The van der Waals surface area contributed by atoms with Crippen molar-refractivity contribution in [3.8, 4) is 0 Å². The van der Waals surface area contributed by atoms with Crippen molar-refractivity contribution in [3.05, 3.63) is 34.9 Å². The molecule has 0 saturated heterocycles. The number of carbonyl (C=O) groups excluding carboxylic acids is 2. The van der Waals surface area contributed by atoms with Crippen LogP contribution in [0.5, 0.6) is 0 Å². The maximum atomic E-state index is 12.3. The van der Waals surface area contributed by atoms with Crippen LogP contribution in [-0.2, 0) is 9.53 Å². The molecular weight excluding hydrogens is 326 g/mol. The summed E-state index contributed by atoms with van der Waals surface area (Å²) in [6.45, 7) is -0.229. The Bertz CT molecular complexity index is 637. The van der Waals surface area contributed by atoms with Crippen molar-refractivity contribution in [3.63, 3.8) is 0 Å². The molecular formula is C19H22ClNO3. The summed E-state index contributed by atoms with van der Waals surface area (Å²) in [5.41, 5.74) is 0.319. The summed E-state index contributed by atoms with van der Waals surface area (Å²) in [7, 11) is 0. The van der Waals surface area contributed by atoms with Gasteiger partial charge in [0.05, 0.1) is 5.56 Å². The van der Waals surface area contributed by atoms with E-state index in [9.17, 15) is 9.59 Å². The van der Waals surface area contributed by atoms with Crippen molar-refractivity contribution in [1.29, 1.82) is 0 Å². The zero-order chi connectivity index (χ0) is 16.7. The van der Waals surface area contributed by atoms with E-state index in [2.05, 4.69) is 5.32 Å². The molecule has 4 saturated carbocycles. The van der Waals surface area contributed by atoms with Crippen LogP contribution in [0.15, 0.2) is 24.3 Å². The molecule has 0 unspecified atom stereocenters. The maximum Gasteiger partial charge on any atom is 0.338 e. The Hall–Kier alpha value is -1.55. The molecule has 4 nitrogen and oxygen atoms in total. The van der Waals surface area contributed by atoms with Crippen LogP contribution in [0.1, 0.15) is 48.9 Å². The minimum Gasteiger partial charge on any atom is -0.452 e. The average Bonchev–Trinajstić information content (AvgIpc) is 2.50. The van der Waals surface area contributed by atoms with E-state index in [0.29, 0.717) is 10.6 Å². The molecule has 0 aromatic heterocycles. The fourth-order valence-corrected chi connectivity index (χ4v) is 5.62. The van der Waals surface area contributed by atoms with Crippen LogP contribution in [0.25, 0.3) is 0 Å². The second kappa shape index (κ2) is 6.07. The number of amides is 1. The van der Waals surface area contributed by atoms with Gasteiger partial charge in [0, 0.05) is 10.6 Å². The summed E-state index contributed by atoms with van der Waals surface area (Å²) in [4.78, 5) is 24.3. The molecule has 0 aliphatic heterocycles. The number of halogens is 1. The maximum absolute atomic E-state index is 12.3. The van der Waals surface area contributed by atoms with E-state index < -0.39 is 5.97 Å². The van der Waals surface area contributed by atoms with Crippen LogP contribution in [0.4, 0.5) is 0 Å². The van der Waals surface area contributed by atoms with Crippen molar-refractivity contribution >= 4 is 23.5 Å². The van der Waals surface area contributed by atoms with Gasteiger partial charge >= 0.3 is 5.97 Å². The summed E-state index contributed by atoms with van der Waals surface area (Å²) < 4.78 is 5.15. The largest absolute Gasteiger partial charge is 0.452 e. The van der Waals surface area contributed by atoms with E-state index in [-0.39, 0.29) is 18.1 Å². The smallest absolute Gasteiger partial charge is 0.338 e. The van der Waals surface area contributed by atoms with Gasteiger partial charge in [0.15, 0.2) is 6.61 Å². The van der Waals surface area contributed by atoms with E-state index in [1.54, 1.807) is 24.3 Å². The van der Waals surface area contributed by atoms with E-state index in [4.69, 9.17) is 16.3 Å². The quantitative estimate of drug-likeness (QED) is 0.847. The molecule has 4 fully saturated rings. The van der Waals surface area contributed by atoms with Crippen molar-refractivity contribution < 1.29 is 14.3 Å². The van der Waals surface area contributed by atoms with Gasteiger partial charge in [0.2, 0.25) is 0 Å². The first-order valence-electron chi connectivity index (χ1n) is 8.75. The highest BCUT2D eigenvalue weighted by Crippen LogP contribution is 2.55. The Morgan fingerprint density at radius 1 is 1.12 bits per heavy atom. The molecule has 4 aliphatic rings. The van der Waals surface area contributed by atoms with E-state index >= 15 is 0 Å². The highest BCUT2D eigenvalue weighted by Gasteiger charge is 2.51. The lowest BCUT2D eigenvalue weighted by Gasteiger charge is -2.56. The normalized spacial score (nSPS) is 33.3. The molecule has 1 aromatic rings. The molecule has 128 valence electrons. The molecule has 0 heterocycles. The summed E-state index contributed by atoms with van der Waals surface area (Å²) in [6, 6.07) is 6.55. The molecule has 1 amide bonds. The number of esters is 1. The number of rotatable bonds is 4. The van der Waals surface area contributed by atoms with Crippen molar-refractivity contribution in [2.45, 2.75) is 44.1 Å². The van der Waals surface area contributed by atoms with Gasteiger partial charge in [-0.2, -0.15) is 0 Å². The predicted octanol–water partition coefficient (Wildman–Crippen LogP) is 3.58. The number of nitrogens with one attached hydrogen (secondary N) is 1. The lowest BCUT2D eigenvalue weighted by atomic mass is 9.53. The number of hydrogen-bond donors (Lipinski definition) is 1. The first kappa shape index (κ1) is 15.9. The van der Waals surface area contributed by atoms with Crippen LogP contribution in [0, 0.1) is 17.8 Å². The minimum atomic E-state index is -0.516. The summed E-state index contributed by atoms with van der Waals surface area (Å²) in [5.74, 6) is 1.60. The van der Waals surface area contributed by atoms with Crippen LogP contribution < -0.4 is 5.32 Å². The molecule has 0 atom stereocenters. The highest BCUT2D eigenvalue weighted by atomic mass is 35.5. The summed E-state index contributed by atoms with van der Waals surface area (Å²) >= 11 is 5.87. The Balaban J connectivity index is 1.33. The monoisotopic (exact) mass is 347 g/mol. The van der Waals surface area contributed by atoms with Crippen molar-refractivity contribution in [2.24, 2.45) is 17.8 Å². The molecule has 4 aliphatic carbocycles. The molecule has 5 rings (SSSR count). The van der Waals surface area contributed by atoms with Gasteiger partial charge in [-0.3, -0.25) is 4.79 Å². The van der Waals surface area contributed by atoms with E-state index in [1.165, 1.54) is 19.3 Å². The number of benzene rings is 1. The lowest BCUT2D eigenvalue weighted by Crippen LogP contribution is -2.60. The van der Waals surface area contributed by atoms with E-state index in [0.717, 1.165) is 37.0 Å². The van der Waals surface area contributed by atoms with Crippen LogP contribution in [-0.4, -0.2) is 24.0 Å². The molecule has 1 aromatic carbocycles. The second-order valence-electron chi connectivity index (χ2n) is 7.83. The topological polar surface area (TPSA) is 55.4 Å². The molecule has 0 radical (unpaired) electrons. The van der Waals surface area contributed by atoms with Gasteiger partial charge in [-0.25, -0.2) is 4.79 Å². The van der Waals surface area contributed by atoms with Gasteiger partial charge in [0.1, 0.15) is 0 Å². The number of hydrogen-bond acceptors (Lipinski definition) is 3. The highest BCUT2D eigenvalue weighted by molar-refractivity contribution is 6.30. The predicted molar refractivity (Wildman–Crippen MR) is 90.8 cm³/mol. The summed E-state index contributed by atoms with van der Waals surface area (Å²) in [5, 5.41) is 3.68. The third-order valence-electron chi connectivity index (χ3n) is 5.84. The SMILES string of the molecule is O=C(COC(=O)c1cccc(Cl)c1)NC12CC3CC(CC(C3)C1)C2. The lowest BCUT2D eigenvalue weighted by molar-refractivity contribution is -0.130. The number of ether oxygens (including phenoxy) is 1. The van der Waals surface area contributed by atoms with Gasteiger partial charge in [-0.1, -0.05) is 17.7 Å². The first-order chi connectivity index (χ1) is 11.5. The zero-order valence-corrected chi connectivity index (χ0v) is 14.3. The molecule has 24 heavy (non-hydrogen) atoms. The standard InChI is InChI=1S/C19H22ClNO3/c20-16-3-1-2-15(7-16)18(23)24-11-17(22)21-19-8-12-4-13(9-19)6-14(5-12)10-19/h1-3,7,12-14H,4-6,8-11H2,(H,21,22). The third kappa shape index (κ3) is 3.16. The average molecular weight is 348 g/mol. The zero-order valence-electron chi connectivity index (χ0n) is 13.6. The minimum absolute atomic E-state index is 0.0473. The van der Waals surface area contributed by atoms with E-state index in [1.807, 2.05) is 0 Å².